The first-order valence-corrected chi connectivity index (χ1v) is 9.77. The molecule has 0 amide bonds. The van der Waals surface area contributed by atoms with Crippen LogP contribution in [0.15, 0.2) is 66.9 Å². The van der Waals surface area contributed by atoms with E-state index in [2.05, 4.69) is 4.98 Å². The number of aromatic nitrogens is 3. The second-order valence-corrected chi connectivity index (χ2v) is 7.72. The monoisotopic (exact) mass is 421 g/mol. The summed E-state index contributed by atoms with van der Waals surface area (Å²) in [4.78, 5) is 4.37. The van der Waals surface area contributed by atoms with Crippen LogP contribution in [0.1, 0.15) is 5.56 Å². The summed E-state index contributed by atoms with van der Waals surface area (Å²) < 4.78 is 16.2. The van der Waals surface area contributed by atoms with Gasteiger partial charge in [0, 0.05) is 27.6 Å². The maximum absolute atomic E-state index is 14.4. The molecule has 0 N–H and O–H groups in total. The molecule has 0 aliphatic carbocycles. The number of para-hydroxylation sites is 1. The molecule has 6 heteroatoms. The SMILES string of the molecule is Cc1ccc(-c2nn(-c3cc(Cl)ccc3Cl)c3c2cnc2c(F)cccc23)cc1. The predicted octanol–water partition coefficient (Wildman–Crippen LogP) is 7.00. The van der Waals surface area contributed by atoms with Crippen molar-refractivity contribution in [2.75, 3.05) is 0 Å². The van der Waals surface area contributed by atoms with Crippen molar-refractivity contribution >= 4 is 45.0 Å². The van der Waals surface area contributed by atoms with E-state index in [4.69, 9.17) is 28.3 Å². The van der Waals surface area contributed by atoms with Crippen LogP contribution in [0.5, 0.6) is 0 Å². The van der Waals surface area contributed by atoms with Gasteiger partial charge in [-0.1, -0.05) is 65.2 Å². The molecule has 0 fully saturated rings. The molecule has 5 rings (SSSR count). The fourth-order valence-corrected chi connectivity index (χ4v) is 3.89. The van der Waals surface area contributed by atoms with E-state index in [0.29, 0.717) is 21.1 Å². The minimum absolute atomic E-state index is 0.287. The number of aryl methyl sites for hydroxylation is 1. The van der Waals surface area contributed by atoms with E-state index in [1.165, 1.54) is 6.07 Å². The molecule has 142 valence electrons. The predicted molar refractivity (Wildman–Crippen MR) is 117 cm³/mol. The van der Waals surface area contributed by atoms with E-state index in [1.54, 1.807) is 35.1 Å². The fourth-order valence-electron chi connectivity index (χ4n) is 3.53. The highest BCUT2D eigenvalue weighted by Gasteiger charge is 2.19. The number of halogens is 3. The molecule has 0 saturated heterocycles. The number of hydrogen-bond acceptors (Lipinski definition) is 2. The molecule has 0 saturated carbocycles. The second-order valence-electron chi connectivity index (χ2n) is 6.88. The molecule has 0 radical (unpaired) electrons. The maximum atomic E-state index is 14.4. The van der Waals surface area contributed by atoms with E-state index in [1.807, 2.05) is 37.3 Å². The van der Waals surface area contributed by atoms with Crippen molar-refractivity contribution in [2.24, 2.45) is 0 Å². The van der Waals surface area contributed by atoms with Crippen molar-refractivity contribution in [3.63, 3.8) is 0 Å². The Labute approximate surface area is 176 Å². The Morgan fingerprint density at radius 1 is 0.931 bits per heavy atom. The van der Waals surface area contributed by atoms with Gasteiger partial charge in [0.25, 0.3) is 0 Å². The van der Waals surface area contributed by atoms with Gasteiger partial charge < -0.3 is 0 Å². The Balaban J connectivity index is 1.94. The van der Waals surface area contributed by atoms with Crippen molar-refractivity contribution < 1.29 is 4.39 Å². The fraction of sp³-hybridized carbons (Fsp3) is 0.0435. The normalized spacial score (nSPS) is 11.4. The van der Waals surface area contributed by atoms with Gasteiger partial charge in [-0.15, -0.1) is 0 Å². The summed E-state index contributed by atoms with van der Waals surface area (Å²) in [6, 6.07) is 18.2. The van der Waals surface area contributed by atoms with Crippen LogP contribution in [0.3, 0.4) is 0 Å². The minimum atomic E-state index is -0.383. The molecule has 2 aromatic heterocycles. The van der Waals surface area contributed by atoms with E-state index in [-0.39, 0.29) is 11.3 Å². The summed E-state index contributed by atoms with van der Waals surface area (Å²) in [5, 5.41) is 7.35. The lowest BCUT2D eigenvalue weighted by Crippen LogP contribution is -1.99. The van der Waals surface area contributed by atoms with Crippen LogP contribution in [0.4, 0.5) is 4.39 Å². The zero-order valence-corrected chi connectivity index (χ0v) is 16.8. The lowest BCUT2D eigenvalue weighted by atomic mass is 10.1. The van der Waals surface area contributed by atoms with Gasteiger partial charge in [-0.3, -0.25) is 4.98 Å². The zero-order chi connectivity index (χ0) is 20.1. The van der Waals surface area contributed by atoms with Gasteiger partial charge in [-0.25, -0.2) is 9.07 Å². The van der Waals surface area contributed by atoms with Crippen molar-refractivity contribution in [1.29, 1.82) is 0 Å². The number of hydrogen-bond donors (Lipinski definition) is 0. The third-order valence-electron chi connectivity index (χ3n) is 4.95. The Kier molecular flexibility index (Phi) is 4.26. The van der Waals surface area contributed by atoms with Crippen LogP contribution in [-0.2, 0) is 0 Å². The standard InChI is InChI=1S/C23H14Cl2FN3/c1-13-5-7-14(8-6-13)21-17-12-27-22-16(3-2-4-19(22)26)23(17)29(28-21)20-11-15(24)9-10-18(20)25/h2-12H,1H3. The van der Waals surface area contributed by atoms with E-state index in [0.717, 1.165) is 27.7 Å². The van der Waals surface area contributed by atoms with Gasteiger partial charge in [0.05, 0.1) is 16.2 Å². The molecule has 0 aliphatic rings. The van der Waals surface area contributed by atoms with E-state index < -0.39 is 0 Å². The smallest absolute Gasteiger partial charge is 0.149 e. The molecule has 0 spiro atoms. The quantitative estimate of drug-likeness (QED) is 0.307. The van der Waals surface area contributed by atoms with Crippen LogP contribution in [-0.4, -0.2) is 14.8 Å². The Bertz CT molecular complexity index is 1390. The first kappa shape index (κ1) is 18.1. The zero-order valence-electron chi connectivity index (χ0n) is 15.3. The summed E-state index contributed by atoms with van der Waals surface area (Å²) in [5.74, 6) is -0.383. The molecule has 0 atom stereocenters. The molecule has 3 aromatic carbocycles. The Morgan fingerprint density at radius 2 is 1.72 bits per heavy atom. The van der Waals surface area contributed by atoms with Gasteiger partial charge in [0.15, 0.2) is 0 Å². The number of benzene rings is 3. The van der Waals surface area contributed by atoms with Crippen LogP contribution in [0, 0.1) is 12.7 Å². The third kappa shape index (κ3) is 2.96. The molecule has 5 aromatic rings. The van der Waals surface area contributed by atoms with Crippen molar-refractivity contribution in [1.82, 2.24) is 14.8 Å². The van der Waals surface area contributed by atoms with Gasteiger partial charge in [-0.05, 0) is 31.2 Å². The molecule has 29 heavy (non-hydrogen) atoms. The summed E-state index contributed by atoms with van der Waals surface area (Å²) in [6.45, 7) is 2.03. The average Bonchev–Trinajstić information content (AvgIpc) is 3.11. The summed E-state index contributed by atoms with van der Waals surface area (Å²) in [6.07, 6.45) is 1.66. The van der Waals surface area contributed by atoms with E-state index >= 15 is 0 Å². The van der Waals surface area contributed by atoms with Crippen LogP contribution < -0.4 is 0 Å². The lowest BCUT2D eigenvalue weighted by molar-refractivity contribution is 0.637. The number of rotatable bonds is 2. The van der Waals surface area contributed by atoms with Crippen molar-refractivity contribution in [3.05, 3.63) is 88.3 Å². The molecule has 0 aliphatic heterocycles. The first-order valence-electron chi connectivity index (χ1n) is 9.01. The maximum Gasteiger partial charge on any atom is 0.149 e. The minimum Gasteiger partial charge on any atom is -0.252 e. The van der Waals surface area contributed by atoms with Gasteiger partial charge >= 0.3 is 0 Å². The molecule has 0 bridgehead atoms. The third-order valence-corrected chi connectivity index (χ3v) is 5.50. The van der Waals surface area contributed by atoms with Gasteiger partial charge in [0.1, 0.15) is 17.0 Å². The molecular formula is C23H14Cl2FN3. The van der Waals surface area contributed by atoms with Gasteiger partial charge in [-0.2, -0.15) is 5.10 Å². The molecule has 2 heterocycles. The molecule has 0 unspecified atom stereocenters. The summed E-state index contributed by atoms with van der Waals surface area (Å²) >= 11 is 12.7. The number of nitrogens with zero attached hydrogens (tertiary/aromatic N) is 3. The van der Waals surface area contributed by atoms with Crippen LogP contribution >= 0.6 is 23.2 Å². The van der Waals surface area contributed by atoms with E-state index in [9.17, 15) is 4.39 Å². The topological polar surface area (TPSA) is 30.7 Å². The van der Waals surface area contributed by atoms with Crippen molar-refractivity contribution in [2.45, 2.75) is 6.92 Å². The first-order chi connectivity index (χ1) is 14.0. The number of pyridine rings is 1. The lowest BCUT2D eigenvalue weighted by Gasteiger charge is -2.08. The van der Waals surface area contributed by atoms with Crippen LogP contribution in [0.2, 0.25) is 10.0 Å². The molecular weight excluding hydrogens is 408 g/mol. The second kappa shape index (κ2) is 6.83. The van der Waals surface area contributed by atoms with Crippen LogP contribution in [0.25, 0.3) is 38.8 Å². The average molecular weight is 422 g/mol. The Morgan fingerprint density at radius 3 is 2.52 bits per heavy atom. The Hall–Kier alpha value is -2.95. The highest BCUT2D eigenvalue weighted by molar-refractivity contribution is 6.34. The highest BCUT2D eigenvalue weighted by Crippen LogP contribution is 2.36. The molecule has 3 nitrogen and oxygen atoms in total. The highest BCUT2D eigenvalue weighted by atomic mass is 35.5. The van der Waals surface area contributed by atoms with Gasteiger partial charge in [0.2, 0.25) is 0 Å². The summed E-state index contributed by atoms with van der Waals surface area (Å²) in [5.41, 5.74) is 4.48. The largest absolute Gasteiger partial charge is 0.252 e. The van der Waals surface area contributed by atoms with Crippen molar-refractivity contribution in [3.8, 4) is 16.9 Å². The summed E-state index contributed by atoms with van der Waals surface area (Å²) in [7, 11) is 0. The number of fused-ring (bicyclic) bond motifs is 3.